The van der Waals surface area contributed by atoms with E-state index in [0.717, 1.165) is 18.4 Å². The van der Waals surface area contributed by atoms with Crippen molar-refractivity contribution in [3.8, 4) is 5.75 Å². The first kappa shape index (κ1) is 17.8. The van der Waals surface area contributed by atoms with Gasteiger partial charge in [-0.1, -0.05) is 12.1 Å². The van der Waals surface area contributed by atoms with Crippen LogP contribution < -0.4 is 10.1 Å². The highest BCUT2D eigenvalue weighted by Gasteiger charge is 2.23. The number of aliphatic hydroxyl groups excluding tert-OH is 2. The summed E-state index contributed by atoms with van der Waals surface area (Å²) in [6.45, 7) is 0.619. The Kier molecular flexibility index (Phi) is 7.01. The van der Waals surface area contributed by atoms with Crippen molar-refractivity contribution in [1.82, 2.24) is 5.32 Å². The van der Waals surface area contributed by atoms with Crippen LogP contribution in [-0.2, 0) is 6.42 Å². The molecule has 4 nitrogen and oxygen atoms in total. The Morgan fingerprint density at radius 1 is 1.19 bits per heavy atom. The van der Waals surface area contributed by atoms with Crippen LogP contribution in [0.15, 0.2) is 24.3 Å². The SMILES string of the molecule is CC(CCc1ccc(OC(F)F)cc1)NC(C)(CO)CO. The number of nitrogens with one attached hydrogen (secondary N) is 1. The Morgan fingerprint density at radius 3 is 2.24 bits per heavy atom. The summed E-state index contributed by atoms with van der Waals surface area (Å²) in [5.74, 6) is 0.146. The molecule has 0 amide bonds. The average Bonchev–Trinajstić information content (AvgIpc) is 2.46. The summed E-state index contributed by atoms with van der Waals surface area (Å²) in [6, 6.07) is 6.64. The first-order valence-electron chi connectivity index (χ1n) is 6.92. The molecule has 0 aromatic heterocycles. The fraction of sp³-hybridized carbons (Fsp3) is 0.600. The molecule has 0 aliphatic carbocycles. The molecule has 0 heterocycles. The van der Waals surface area contributed by atoms with E-state index in [1.807, 2.05) is 6.92 Å². The topological polar surface area (TPSA) is 61.7 Å². The van der Waals surface area contributed by atoms with Crippen LogP contribution in [-0.4, -0.2) is 41.6 Å². The Labute approximate surface area is 123 Å². The van der Waals surface area contributed by atoms with Crippen molar-refractivity contribution >= 4 is 0 Å². The summed E-state index contributed by atoms with van der Waals surface area (Å²) in [4.78, 5) is 0. The first-order chi connectivity index (χ1) is 9.88. The molecule has 0 aliphatic rings. The van der Waals surface area contributed by atoms with E-state index in [0.29, 0.717) is 0 Å². The Hall–Kier alpha value is -1.24. The van der Waals surface area contributed by atoms with Gasteiger partial charge in [-0.15, -0.1) is 0 Å². The van der Waals surface area contributed by atoms with Crippen molar-refractivity contribution < 1.29 is 23.7 Å². The highest BCUT2D eigenvalue weighted by Crippen LogP contribution is 2.16. The van der Waals surface area contributed by atoms with Crippen LogP contribution in [0.1, 0.15) is 25.8 Å². The molecule has 6 heteroatoms. The van der Waals surface area contributed by atoms with E-state index in [1.54, 1.807) is 19.1 Å². The molecule has 3 N–H and O–H groups in total. The summed E-state index contributed by atoms with van der Waals surface area (Å²) in [5.41, 5.74) is 0.314. The lowest BCUT2D eigenvalue weighted by Crippen LogP contribution is -2.52. The van der Waals surface area contributed by atoms with Gasteiger partial charge < -0.3 is 20.3 Å². The number of aliphatic hydroxyl groups is 2. The van der Waals surface area contributed by atoms with E-state index in [-0.39, 0.29) is 25.0 Å². The zero-order valence-corrected chi connectivity index (χ0v) is 12.4. The van der Waals surface area contributed by atoms with Crippen LogP contribution >= 0.6 is 0 Å². The third-order valence-corrected chi connectivity index (χ3v) is 3.31. The average molecular weight is 303 g/mol. The number of ether oxygens (including phenoxy) is 1. The summed E-state index contributed by atoms with van der Waals surface area (Å²) in [7, 11) is 0. The molecule has 0 aliphatic heterocycles. The maximum Gasteiger partial charge on any atom is 0.387 e. The molecule has 0 bridgehead atoms. The third-order valence-electron chi connectivity index (χ3n) is 3.31. The molecular weight excluding hydrogens is 280 g/mol. The van der Waals surface area contributed by atoms with Gasteiger partial charge in [0.25, 0.3) is 0 Å². The van der Waals surface area contributed by atoms with E-state index in [9.17, 15) is 19.0 Å². The molecule has 0 fully saturated rings. The monoisotopic (exact) mass is 303 g/mol. The summed E-state index contributed by atoms with van der Waals surface area (Å²) < 4.78 is 28.3. The lowest BCUT2D eigenvalue weighted by molar-refractivity contribution is -0.0498. The van der Waals surface area contributed by atoms with Crippen molar-refractivity contribution in [2.75, 3.05) is 13.2 Å². The van der Waals surface area contributed by atoms with Crippen molar-refractivity contribution in [2.45, 2.75) is 44.9 Å². The summed E-state index contributed by atoms with van der Waals surface area (Å²) >= 11 is 0. The summed E-state index contributed by atoms with van der Waals surface area (Å²) in [6.07, 6.45) is 1.56. The van der Waals surface area contributed by atoms with Crippen LogP contribution in [0.2, 0.25) is 0 Å². The molecule has 1 atom stereocenters. The lowest BCUT2D eigenvalue weighted by Gasteiger charge is -2.30. The van der Waals surface area contributed by atoms with Gasteiger partial charge in [-0.2, -0.15) is 8.78 Å². The first-order valence-corrected chi connectivity index (χ1v) is 6.92. The van der Waals surface area contributed by atoms with Crippen molar-refractivity contribution in [1.29, 1.82) is 0 Å². The molecule has 21 heavy (non-hydrogen) atoms. The van der Waals surface area contributed by atoms with Gasteiger partial charge in [0.05, 0.1) is 18.8 Å². The standard InChI is InChI=1S/C15H23F2NO3/c1-11(18-15(2,9-19)10-20)3-4-12-5-7-13(8-6-12)21-14(16)17/h5-8,11,14,18-20H,3-4,9-10H2,1-2H3. The van der Waals surface area contributed by atoms with Crippen LogP contribution in [0.3, 0.4) is 0 Å². The fourth-order valence-electron chi connectivity index (χ4n) is 2.03. The number of halogens is 2. The largest absolute Gasteiger partial charge is 0.435 e. The zero-order valence-electron chi connectivity index (χ0n) is 12.4. The van der Waals surface area contributed by atoms with E-state index in [4.69, 9.17) is 0 Å². The number of rotatable bonds is 9. The third kappa shape index (κ3) is 6.37. The van der Waals surface area contributed by atoms with Crippen LogP contribution in [0.5, 0.6) is 5.75 Å². The normalized spacial score (nSPS) is 13.5. The van der Waals surface area contributed by atoms with Crippen molar-refractivity contribution in [3.05, 3.63) is 29.8 Å². The van der Waals surface area contributed by atoms with E-state index in [1.165, 1.54) is 12.1 Å². The number of hydrogen-bond acceptors (Lipinski definition) is 4. The smallest absolute Gasteiger partial charge is 0.387 e. The van der Waals surface area contributed by atoms with Crippen LogP contribution in [0.25, 0.3) is 0 Å². The molecular formula is C15H23F2NO3. The predicted octanol–water partition coefficient (Wildman–Crippen LogP) is 1.94. The van der Waals surface area contributed by atoms with Gasteiger partial charge in [-0.05, 0) is 44.4 Å². The predicted molar refractivity (Wildman–Crippen MR) is 76.6 cm³/mol. The molecule has 0 spiro atoms. The van der Waals surface area contributed by atoms with Gasteiger partial charge in [0.1, 0.15) is 5.75 Å². The Bertz CT molecular complexity index is 408. The number of aryl methyl sites for hydroxylation is 1. The van der Waals surface area contributed by atoms with E-state index >= 15 is 0 Å². The molecule has 0 radical (unpaired) electrons. The van der Waals surface area contributed by atoms with Crippen LogP contribution in [0, 0.1) is 0 Å². The minimum absolute atomic E-state index is 0.103. The van der Waals surface area contributed by atoms with Gasteiger partial charge in [0.15, 0.2) is 0 Å². The molecule has 1 aromatic carbocycles. The number of alkyl halides is 2. The Morgan fingerprint density at radius 2 is 1.76 bits per heavy atom. The second kappa shape index (κ2) is 8.26. The highest BCUT2D eigenvalue weighted by molar-refractivity contribution is 5.27. The van der Waals surface area contributed by atoms with Crippen molar-refractivity contribution in [3.63, 3.8) is 0 Å². The Balaban J connectivity index is 2.44. The van der Waals surface area contributed by atoms with Crippen molar-refractivity contribution in [2.24, 2.45) is 0 Å². The van der Waals surface area contributed by atoms with E-state index < -0.39 is 12.2 Å². The second-order valence-corrected chi connectivity index (χ2v) is 5.48. The molecule has 0 saturated heterocycles. The summed E-state index contributed by atoms with van der Waals surface area (Å²) in [5, 5.41) is 21.6. The van der Waals surface area contributed by atoms with Gasteiger partial charge in [0.2, 0.25) is 0 Å². The maximum absolute atomic E-state index is 12.0. The molecule has 1 aromatic rings. The van der Waals surface area contributed by atoms with Gasteiger partial charge in [0, 0.05) is 6.04 Å². The quantitative estimate of drug-likeness (QED) is 0.652. The highest BCUT2D eigenvalue weighted by atomic mass is 19.3. The van der Waals surface area contributed by atoms with Gasteiger partial charge >= 0.3 is 6.61 Å². The minimum Gasteiger partial charge on any atom is -0.435 e. The number of benzene rings is 1. The van der Waals surface area contributed by atoms with Crippen LogP contribution in [0.4, 0.5) is 8.78 Å². The molecule has 1 rings (SSSR count). The lowest BCUT2D eigenvalue weighted by atomic mass is 10.0. The number of hydrogen-bond donors (Lipinski definition) is 3. The van der Waals surface area contributed by atoms with E-state index in [2.05, 4.69) is 10.1 Å². The second-order valence-electron chi connectivity index (χ2n) is 5.48. The van der Waals surface area contributed by atoms with Gasteiger partial charge in [-0.25, -0.2) is 0 Å². The zero-order chi connectivity index (χ0) is 15.9. The van der Waals surface area contributed by atoms with Gasteiger partial charge in [-0.3, -0.25) is 0 Å². The fourth-order valence-corrected chi connectivity index (χ4v) is 2.03. The molecule has 1 unspecified atom stereocenters. The minimum atomic E-state index is -2.81. The maximum atomic E-state index is 12.0. The molecule has 120 valence electrons. The molecule has 0 saturated carbocycles.